The highest BCUT2D eigenvalue weighted by Crippen LogP contribution is 2.27. The number of benzene rings is 2. The molecule has 0 unspecified atom stereocenters. The molecule has 0 aliphatic carbocycles. The first-order valence-electron chi connectivity index (χ1n) is 10.0. The normalized spacial score (nSPS) is 11.1. The Labute approximate surface area is 195 Å². The molecule has 1 amide bonds. The van der Waals surface area contributed by atoms with Gasteiger partial charge in [-0.05, 0) is 29.3 Å². The molecule has 0 radical (unpaired) electrons. The smallest absolute Gasteiger partial charge is 0.273 e. The summed E-state index contributed by atoms with van der Waals surface area (Å²) in [4.78, 5) is 18.9. The van der Waals surface area contributed by atoms with Crippen molar-refractivity contribution in [3.8, 4) is 0 Å². The predicted octanol–water partition coefficient (Wildman–Crippen LogP) is 5.71. The summed E-state index contributed by atoms with van der Waals surface area (Å²) in [5, 5.41) is 3.80. The van der Waals surface area contributed by atoms with Crippen LogP contribution in [0.15, 0.2) is 82.0 Å². The lowest BCUT2D eigenvalue weighted by atomic mass is 10.1. The Hall–Kier alpha value is -3.06. The standard InChI is InChI=1S/C24H21Cl2N3O3/c25-20-10-4-8-18(23(20)26)14-29(13-17-6-2-1-3-7-17)15-22-28-21(16-32-22)24(30)27-12-19-9-5-11-31-19/h1-11,16H,12-15H2,(H,27,30). The minimum absolute atomic E-state index is 0.215. The zero-order chi connectivity index (χ0) is 22.3. The van der Waals surface area contributed by atoms with Gasteiger partial charge in [-0.25, -0.2) is 4.98 Å². The van der Waals surface area contributed by atoms with Crippen molar-refractivity contribution in [1.82, 2.24) is 15.2 Å². The van der Waals surface area contributed by atoms with Crippen LogP contribution in [0.5, 0.6) is 0 Å². The van der Waals surface area contributed by atoms with Crippen molar-refractivity contribution in [2.24, 2.45) is 0 Å². The summed E-state index contributed by atoms with van der Waals surface area (Å²) in [6.45, 7) is 1.85. The van der Waals surface area contributed by atoms with Gasteiger partial charge in [-0.2, -0.15) is 0 Å². The van der Waals surface area contributed by atoms with Crippen LogP contribution < -0.4 is 5.32 Å². The van der Waals surface area contributed by atoms with Crippen LogP contribution in [0.1, 0.15) is 33.3 Å². The van der Waals surface area contributed by atoms with Crippen molar-refractivity contribution in [3.05, 3.63) is 112 Å². The van der Waals surface area contributed by atoms with Crippen LogP contribution in [0.25, 0.3) is 0 Å². The molecule has 0 aliphatic rings. The number of amides is 1. The quantitative estimate of drug-likeness (QED) is 0.340. The van der Waals surface area contributed by atoms with E-state index in [1.165, 1.54) is 6.26 Å². The summed E-state index contributed by atoms with van der Waals surface area (Å²) >= 11 is 12.6. The average Bonchev–Trinajstić information content (AvgIpc) is 3.48. The van der Waals surface area contributed by atoms with E-state index in [1.54, 1.807) is 24.5 Å². The van der Waals surface area contributed by atoms with Gasteiger partial charge in [0, 0.05) is 13.1 Å². The molecule has 0 spiro atoms. The number of rotatable bonds is 9. The summed E-state index contributed by atoms with van der Waals surface area (Å²) in [5.41, 5.74) is 2.25. The molecular formula is C24H21Cl2N3O3. The molecule has 0 saturated heterocycles. The van der Waals surface area contributed by atoms with Gasteiger partial charge in [0.15, 0.2) is 5.69 Å². The van der Waals surface area contributed by atoms with Gasteiger partial charge in [0.05, 0.1) is 29.4 Å². The zero-order valence-corrected chi connectivity index (χ0v) is 18.6. The van der Waals surface area contributed by atoms with Gasteiger partial charge in [0.25, 0.3) is 5.91 Å². The SMILES string of the molecule is O=C(NCc1ccco1)c1coc(CN(Cc2ccccc2)Cc2cccc(Cl)c2Cl)n1. The lowest BCUT2D eigenvalue weighted by molar-refractivity contribution is 0.0943. The van der Waals surface area contributed by atoms with Gasteiger partial charge < -0.3 is 14.2 Å². The van der Waals surface area contributed by atoms with Gasteiger partial charge in [0.2, 0.25) is 5.89 Å². The number of nitrogens with zero attached hydrogens (tertiary/aromatic N) is 2. The van der Waals surface area contributed by atoms with E-state index in [9.17, 15) is 4.79 Å². The van der Waals surface area contributed by atoms with Crippen LogP contribution in [-0.2, 0) is 26.2 Å². The molecule has 0 fully saturated rings. The molecule has 6 nitrogen and oxygen atoms in total. The number of carbonyl (C=O) groups excluding carboxylic acids is 1. The second kappa shape index (κ2) is 10.5. The topological polar surface area (TPSA) is 71.5 Å². The molecule has 164 valence electrons. The second-order valence-electron chi connectivity index (χ2n) is 7.23. The molecule has 8 heteroatoms. The second-order valence-corrected chi connectivity index (χ2v) is 8.02. The largest absolute Gasteiger partial charge is 0.467 e. The zero-order valence-electron chi connectivity index (χ0n) is 17.1. The van der Waals surface area contributed by atoms with E-state index in [0.717, 1.165) is 11.1 Å². The molecule has 4 rings (SSSR count). The Morgan fingerprint density at radius 2 is 1.78 bits per heavy atom. The van der Waals surface area contributed by atoms with Gasteiger partial charge in [-0.15, -0.1) is 0 Å². The summed E-state index contributed by atoms with van der Waals surface area (Å²) < 4.78 is 10.8. The van der Waals surface area contributed by atoms with Crippen molar-refractivity contribution < 1.29 is 13.6 Å². The number of halogens is 2. The number of furan rings is 1. The first-order chi connectivity index (χ1) is 15.6. The number of hydrogen-bond acceptors (Lipinski definition) is 5. The van der Waals surface area contributed by atoms with Crippen molar-refractivity contribution in [1.29, 1.82) is 0 Å². The molecule has 0 aliphatic heterocycles. The van der Waals surface area contributed by atoms with Crippen molar-refractivity contribution in [2.45, 2.75) is 26.2 Å². The minimum atomic E-state index is -0.330. The Morgan fingerprint density at radius 3 is 2.56 bits per heavy atom. The van der Waals surface area contributed by atoms with E-state index in [1.807, 2.05) is 30.3 Å². The highest BCUT2D eigenvalue weighted by atomic mass is 35.5. The van der Waals surface area contributed by atoms with E-state index >= 15 is 0 Å². The lowest BCUT2D eigenvalue weighted by Crippen LogP contribution is -2.24. The lowest BCUT2D eigenvalue weighted by Gasteiger charge is -2.22. The predicted molar refractivity (Wildman–Crippen MR) is 122 cm³/mol. The fraction of sp³-hybridized carbons (Fsp3) is 0.167. The van der Waals surface area contributed by atoms with E-state index in [4.69, 9.17) is 32.0 Å². The summed E-state index contributed by atoms with van der Waals surface area (Å²) in [6.07, 6.45) is 2.92. The van der Waals surface area contributed by atoms with Crippen molar-refractivity contribution in [2.75, 3.05) is 0 Å². The van der Waals surface area contributed by atoms with Crippen LogP contribution >= 0.6 is 23.2 Å². The molecule has 4 aromatic rings. The van der Waals surface area contributed by atoms with E-state index in [0.29, 0.717) is 41.3 Å². The number of carbonyl (C=O) groups is 1. The monoisotopic (exact) mass is 469 g/mol. The van der Waals surface area contributed by atoms with Crippen LogP contribution in [0.3, 0.4) is 0 Å². The number of oxazole rings is 1. The highest BCUT2D eigenvalue weighted by Gasteiger charge is 2.17. The van der Waals surface area contributed by atoms with Gasteiger partial charge in [0.1, 0.15) is 12.0 Å². The van der Waals surface area contributed by atoms with Gasteiger partial charge in [-0.1, -0.05) is 65.7 Å². The average molecular weight is 470 g/mol. The molecular weight excluding hydrogens is 449 g/mol. The third-order valence-electron chi connectivity index (χ3n) is 4.82. The van der Waals surface area contributed by atoms with Crippen molar-refractivity contribution >= 4 is 29.1 Å². The molecule has 1 N–H and O–H groups in total. The Kier molecular flexibility index (Phi) is 7.27. The van der Waals surface area contributed by atoms with Gasteiger partial charge in [-0.3, -0.25) is 9.69 Å². The van der Waals surface area contributed by atoms with E-state index in [-0.39, 0.29) is 18.1 Å². The summed E-state index contributed by atoms with van der Waals surface area (Å²) in [5.74, 6) is 0.764. The maximum atomic E-state index is 12.4. The van der Waals surface area contributed by atoms with Crippen LogP contribution in [-0.4, -0.2) is 15.8 Å². The summed E-state index contributed by atoms with van der Waals surface area (Å²) in [7, 11) is 0. The molecule has 2 heterocycles. The Morgan fingerprint density at radius 1 is 0.938 bits per heavy atom. The molecule has 2 aromatic heterocycles. The molecule has 32 heavy (non-hydrogen) atoms. The Balaban J connectivity index is 1.46. The van der Waals surface area contributed by atoms with Crippen LogP contribution in [0.4, 0.5) is 0 Å². The van der Waals surface area contributed by atoms with Crippen LogP contribution in [0.2, 0.25) is 10.0 Å². The number of aromatic nitrogens is 1. The molecule has 2 aromatic carbocycles. The fourth-order valence-electron chi connectivity index (χ4n) is 3.27. The minimum Gasteiger partial charge on any atom is -0.467 e. The first-order valence-corrected chi connectivity index (χ1v) is 10.8. The number of hydrogen-bond donors (Lipinski definition) is 1. The fourth-order valence-corrected chi connectivity index (χ4v) is 3.65. The van der Waals surface area contributed by atoms with E-state index < -0.39 is 0 Å². The van der Waals surface area contributed by atoms with E-state index in [2.05, 4.69) is 27.3 Å². The highest BCUT2D eigenvalue weighted by molar-refractivity contribution is 6.42. The molecule has 0 saturated carbocycles. The molecule has 0 bridgehead atoms. The number of nitrogens with one attached hydrogen (secondary N) is 1. The third-order valence-corrected chi connectivity index (χ3v) is 5.68. The van der Waals surface area contributed by atoms with Gasteiger partial charge >= 0.3 is 0 Å². The summed E-state index contributed by atoms with van der Waals surface area (Å²) in [6, 6.07) is 19.2. The maximum absolute atomic E-state index is 12.4. The molecule has 0 atom stereocenters. The first kappa shape index (κ1) is 22.1. The van der Waals surface area contributed by atoms with Crippen molar-refractivity contribution in [3.63, 3.8) is 0 Å². The Bertz CT molecular complexity index is 1160. The maximum Gasteiger partial charge on any atom is 0.273 e. The third kappa shape index (κ3) is 5.79. The van der Waals surface area contributed by atoms with Crippen LogP contribution in [0, 0.1) is 0 Å².